The minimum absolute atomic E-state index is 0.0389. The Labute approximate surface area is 156 Å². The maximum atomic E-state index is 13.1. The Hall–Kier alpha value is -2.73. The zero-order valence-electron chi connectivity index (χ0n) is 14.5. The van der Waals surface area contributed by atoms with Gasteiger partial charge >= 0.3 is 0 Å². The number of aromatic nitrogens is 2. The maximum absolute atomic E-state index is 13.1. The first-order valence-electron chi connectivity index (χ1n) is 8.61. The molecule has 0 radical (unpaired) electrons. The van der Waals surface area contributed by atoms with Gasteiger partial charge in [0.25, 0.3) is 5.91 Å². The molecule has 1 saturated carbocycles. The number of ether oxygens (including phenoxy) is 1. The summed E-state index contributed by atoms with van der Waals surface area (Å²) in [5.41, 5.74) is 3.58. The van der Waals surface area contributed by atoms with Crippen LogP contribution in [0.3, 0.4) is 0 Å². The third-order valence-electron chi connectivity index (χ3n) is 4.40. The van der Waals surface area contributed by atoms with Crippen molar-refractivity contribution in [1.29, 1.82) is 0 Å². The average Bonchev–Trinajstić information content (AvgIpc) is 3.36. The minimum Gasteiger partial charge on any atom is -0.487 e. The van der Waals surface area contributed by atoms with Crippen molar-refractivity contribution in [2.45, 2.75) is 32.4 Å². The second-order valence-corrected chi connectivity index (χ2v) is 6.96. The number of carbonyl (C=O) groups is 1. The molecule has 0 atom stereocenters. The number of para-hydroxylation sites is 1. The number of hydrogen-bond donors (Lipinski definition) is 0. The lowest BCUT2D eigenvalue weighted by Gasteiger charge is -2.24. The van der Waals surface area contributed by atoms with E-state index < -0.39 is 0 Å². The molecular formula is C20H19N3O2S. The van der Waals surface area contributed by atoms with Gasteiger partial charge in [-0.15, -0.1) is 0 Å². The van der Waals surface area contributed by atoms with E-state index in [1.54, 1.807) is 6.20 Å². The van der Waals surface area contributed by atoms with Gasteiger partial charge in [-0.3, -0.25) is 4.79 Å². The molecule has 0 saturated heterocycles. The molecule has 1 heterocycles. The normalized spacial score (nSPS) is 13.4. The Morgan fingerprint density at radius 1 is 1.19 bits per heavy atom. The zero-order chi connectivity index (χ0) is 17.9. The lowest BCUT2D eigenvalue weighted by molar-refractivity contribution is 0.0985. The van der Waals surface area contributed by atoms with Crippen LogP contribution in [0.25, 0.3) is 0 Å². The molecule has 1 amide bonds. The Morgan fingerprint density at radius 2 is 1.96 bits per heavy atom. The fourth-order valence-electron chi connectivity index (χ4n) is 2.88. The second kappa shape index (κ2) is 7.25. The fourth-order valence-corrected chi connectivity index (χ4v) is 3.30. The molecule has 3 aromatic rings. The highest BCUT2D eigenvalue weighted by Gasteiger charge is 2.34. The van der Waals surface area contributed by atoms with Crippen LogP contribution >= 0.6 is 11.7 Å². The smallest absolute Gasteiger partial charge is 0.258 e. The highest BCUT2D eigenvalue weighted by molar-refractivity contribution is 6.99. The summed E-state index contributed by atoms with van der Waals surface area (Å²) in [5.74, 6) is 0.750. The number of anilines is 1. The van der Waals surface area contributed by atoms with Gasteiger partial charge in [-0.25, -0.2) is 0 Å². The number of carbonyl (C=O) groups excluding carboxylic acids is 1. The van der Waals surface area contributed by atoms with E-state index in [1.807, 2.05) is 60.4 Å². The quantitative estimate of drug-likeness (QED) is 0.656. The van der Waals surface area contributed by atoms with Crippen LogP contribution in [-0.4, -0.2) is 20.7 Å². The van der Waals surface area contributed by atoms with Gasteiger partial charge in [-0.05, 0) is 55.7 Å². The van der Waals surface area contributed by atoms with Crippen molar-refractivity contribution in [3.63, 3.8) is 0 Å². The molecule has 1 aliphatic carbocycles. The van der Waals surface area contributed by atoms with Crippen LogP contribution in [0.1, 0.15) is 34.5 Å². The Kier molecular flexibility index (Phi) is 4.67. The number of hydrogen-bond acceptors (Lipinski definition) is 5. The summed E-state index contributed by atoms with van der Waals surface area (Å²) < 4.78 is 13.8. The molecule has 0 aliphatic heterocycles. The van der Waals surface area contributed by atoms with Crippen molar-refractivity contribution in [1.82, 2.24) is 8.75 Å². The Balaban J connectivity index is 1.50. The Bertz CT molecular complexity index is 890. The molecule has 4 rings (SSSR count). The highest BCUT2D eigenvalue weighted by atomic mass is 32.1. The van der Waals surface area contributed by atoms with Gasteiger partial charge in [0.15, 0.2) is 0 Å². The number of benzene rings is 2. The first-order chi connectivity index (χ1) is 12.7. The largest absolute Gasteiger partial charge is 0.487 e. The number of nitrogens with zero attached hydrogens (tertiary/aromatic N) is 3. The van der Waals surface area contributed by atoms with Crippen molar-refractivity contribution in [3.8, 4) is 5.75 Å². The van der Waals surface area contributed by atoms with Gasteiger partial charge in [0.05, 0.1) is 17.9 Å². The molecular weight excluding hydrogens is 346 g/mol. The minimum atomic E-state index is 0.0389. The fraction of sp³-hybridized carbons (Fsp3) is 0.250. The number of amides is 1. The number of rotatable bonds is 6. The van der Waals surface area contributed by atoms with Crippen LogP contribution < -0.4 is 9.64 Å². The summed E-state index contributed by atoms with van der Waals surface area (Å²) in [5, 5.41) is 0. The predicted octanol–water partition coefficient (Wildman–Crippen LogP) is 4.23. The summed E-state index contributed by atoms with van der Waals surface area (Å²) in [6.45, 7) is 2.42. The van der Waals surface area contributed by atoms with Crippen LogP contribution in [0.4, 0.5) is 5.69 Å². The van der Waals surface area contributed by atoms with Crippen molar-refractivity contribution >= 4 is 23.3 Å². The third-order valence-corrected chi connectivity index (χ3v) is 4.92. The maximum Gasteiger partial charge on any atom is 0.258 e. The summed E-state index contributed by atoms with van der Waals surface area (Å²) in [6, 6.07) is 15.7. The van der Waals surface area contributed by atoms with Crippen molar-refractivity contribution in [3.05, 3.63) is 71.5 Å². The van der Waals surface area contributed by atoms with E-state index in [0.717, 1.165) is 41.5 Å². The van der Waals surface area contributed by atoms with Crippen molar-refractivity contribution in [2.24, 2.45) is 0 Å². The molecule has 0 N–H and O–H groups in total. The standard InChI is InChI=1S/C20H19N3O2S/c1-14-4-2-3-5-19(14)23(17-8-9-17)20(24)15-6-10-18(11-7-15)25-13-16-12-21-26-22-16/h2-7,10-12,17H,8-9,13H2,1H3. The van der Waals surface area contributed by atoms with Crippen LogP contribution in [0.15, 0.2) is 54.7 Å². The molecule has 132 valence electrons. The SMILES string of the molecule is Cc1ccccc1N(C(=O)c1ccc(OCc2cnsn2)cc1)C1CC1. The second-order valence-electron chi connectivity index (χ2n) is 6.40. The van der Waals surface area contributed by atoms with E-state index in [1.165, 1.54) is 0 Å². The van der Waals surface area contributed by atoms with Crippen molar-refractivity contribution in [2.75, 3.05) is 4.90 Å². The van der Waals surface area contributed by atoms with E-state index in [9.17, 15) is 4.79 Å². The van der Waals surface area contributed by atoms with Crippen LogP contribution in [0.5, 0.6) is 5.75 Å². The van der Waals surface area contributed by atoms with Gasteiger partial charge in [-0.1, -0.05) is 18.2 Å². The van der Waals surface area contributed by atoms with Gasteiger partial charge in [0, 0.05) is 17.3 Å². The first-order valence-corrected chi connectivity index (χ1v) is 9.34. The molecule has 26 heavy (non-hydrogen) atoms. The van der Waals surface area contributed by atoms with Gasteiger partial charge in [0.1, 0.15) is 18.1 Å². The molecule has 0 spiro atoms. The summed E-state index contributed by atoms with van der Waals surface area (Å²) in [6.07, 6.45) is 3.81. The topological polar surface area (TPSA) is 55.3 Å². The lowest BCUT2D eigenvalue weighted by atomic mass is 10.1. The van der Waals surface area contributed by atoms with Gasteiger partial charge in [-0.2, -0.15) is 8.75 Å². The monoisotopic (exact) mass is 365 g/mol. The van der Waals surface area contributed by atoms with Gasteiger partial charge < -0.3 is 9.64 Å². The summed E-state index contributed by atoms with van der Waals surface area (Å²) in [7, 11) is 0. The molecule has 1 fully saturated rings. The zero-order valence-corrected chi connectivity index (χ0v) is 15.3. The van der Waals surface area contributed by atoms with Crippen LogP contribution in [0.2, 0.25) is 0 Å². The summed E-state index contributed by atoms with van der Waals surface area (Å²) >= 11 is 1.16. The summed E-state index contributed by atoms with van der Waals surface area (Å²) in [4.78, 5) is 15.0. The predicted molar refractivity (Wildman–Crippen MR) is 102 cm³/mol. The Morgan fingerprint density at radius 3 is 2.62 bits per heavy atom. The molecule has 0 unspecified atom stereocenters. The number of aryl methyl sites for hydroxylation is 1. The van der Waals surface area contributed by atoms with E-state index in [-0.39, 0.29) is 5.91 Å². The van der Waals surface area contributed by atoms with E-state index in [4.69, 9.17) is 4.74 Å². The molecule has 1 aliphatic rings. The average molecular weight is 365 g/mol. The third kappa shape index (κ3) is 3.60. The molecule has 5 nitrogen and oxygen atoms in total. The van der Waals surface area contributed by atoms with E-state index >= 15 is 0 Å². The molecule has 6 heteroatoms. The first kappa shape index (κ1) is 16.7. The molecule has 0 bridgehead atoms. The lowest BCUT2D eigenvalue weighted by Crippen LogP contribution is -2.33. The molecule has 2 aromatic carbocycles. The van der Waals surface area contributed by atoms with Gasteiger partial charge in [0.2, 0.25) is 0 Å². The highest BCUT2D eigenvalue weighted by Crippen LogP contribution is 2.34. The van der Waals surface area contributed by atoms with Crippen molar-refractivity contribution < 1.29 is 9.53 Å². The van der Waals surface area contributed by atoms with Crippen LogP contribution in [0, 0.1) is 6.92 Å². The van der Waals surface area contributed by atoms with Crippen LogP contribution in [-0.2, 0) is 6.61 Å². The molecule has 1 aromatic heterocycles. The van der Waals surface area contributed by atoms with E-state index in [2.05, 4.69) is 8.75 Å². The van der Waals surface area contributed by atoms with E-state index in [0.29, 0.717) is 24.0 Å².